The number of carbonyl (C=O) groups excluding carboxylic acids is 1. The van der Waals surface area contributed by atoms with Crippen LogP contribution in [0.25, 0.3) is 10.9 Å². The summed E-state index contributed by atoms with van der Waals surface area (Å²) in [5.41, 5.74) is 2.82. The van der Waals surface area contributed by atoms with Gasteiger partial charge in [0.1, 0.15) is 11.9 Å². The van der Waals surface area contributed by atoms with Gasteiger partial charge in [-0.1, -0.05) is 36.4 Å². The summed E-state index contributed by atoms with van der Waals surface area (Å²) >= 11 is 0. The van der Waals surface area contributed by atoms with E-state index in [1.807, 2.05) is 67.7 Å². The summed E-state index contributed by atoms with van der Waals surface area (Å²) in [4.78, 5) is 20.5. The third-order valence-electron chi connectivity index (χ3n) is 7.69. The molecular weight excluding hydrogens is 424 g/mol. The number of rotatable bonds is 7. The summed E-state index contributed by atoms with van der Waals surface area (Å²) in [5.74, 6) is 1.29. The molecule has 4 heterocycles. The molecule has 2 unspecified atom stereocenters. The first-order valence-electron chi connectivity index (χ1n) is 12.1. The van der Waals surface area contributed by atoms with Crippen LogP contribution in [0.2, 0.25) is 0 Å². The number of nitrogens with zero attached hydrogens (tertiary/aromatic N) is 2. The van der Waals surface area contributed by atoms with Crippen molar-refractivity contribution in [1.82, 2.24) is 9.88 Å². The molecule has 176 valence electrons. The number of fused-ring (bicyclic) bond motifs is 4. The molecule has 0 aliphatic carbocycles. The minimum Gasteiger partial charge on any atom is -0.497 e. The number of hydrogen-bond acceptors (Lipinski definition) is 5. The molecule has 1 aromatic heterocycles. The van der Waals surface area contributed by atoms with Crippen molar-refractivity contribution in [2.45, 2.75) is 37.8 Å². The Morgan fingerprint density at radius 1 is 1.21 bits per heavy atom. The summed E-state index contributed by atoms with van der Waals surface area (Å²) in [7, 11) is 1.66. The highest BCUT2D eigenvalue weighted by atomic mass is 16.5. The molecule has 2 bridgehead atoms. The van der Waals surface area contributed by atoms with Gasteiger partial charge in [0.15, 0.2) is 0 Å². The fourth-order valence-corrected chi connectivity index (χ4v) is 5.67. The fraction of sp³-hybridized carbons (Fsp3) is 0.379. The minimum atomic E-state index is -0.384. The van der Waals surface area contributed by atoms with E-state index in [1.165, 1.54) is 6.42 Å². The summed E-state index contributed by atoms with van der Waals surface area (Å²) in [6.45, 7) is 7.97. The molecule has 3 aliphatic rings. The van der Waals surface area contributed by atoms with Gasteiger partial charge in [-0.25, -0.2) is 0 Å². The smallest absolute Gasteiger partial charge is 0.313 e. The van der Waals surface area contributed by atoms with Gasteiger partial charge >= 0.3 is 5.97 Å². The van der Waals surface area contributed by atoms with Crippen LogP contribution in [0.1, 0.15) is 42.9 Å². The molecule has 3 aliphatic heterocycles. The Morgan fingerprint density at radius 3 is 2.74 bits per heavy atom. The standard InChI is InChI=1S/C29H32N2O3/c1-4-20-18-31-15-13-22(20)16-27(31)28(34-29(32)19(2)21-8-6-5-7-9-21)24-12-14-30-26-11-10-23(33-3)17-25(24)26/h4-12,14,17,19-20,22,27-28H,1,13,15-16,18H2,2-3H3/t19?,20-,22-,27-,28+/m0/s1. The summed E-state index contributed by atoms with van der Waals surface area (Å²) in [6, 6.07) is 17.8. The number of piperidine rings is 3. The van der Waals surface area contributed by atoms with Crippen LogP contribution in [0.4, 0.5) is 0 Å². The van der Waals surface area contributed by atoms with E-state index in [0.29, 0.717) is 11.8 Å². The average molecular weight is 457 g/mol. The normalized spacial score (nSPS) is 25.5. The second-order valence-corrected chi connectivity index (χ2v) is 9.52. The lowest BCUT2D eigenvalue weighted by Gasteiger charge is -2.51. The largest absolute Gasteiger partial charge is 0.497 e. The van der Waals surface area contributed by atoms with Crippen molar-refractivity contribution in [3.63, 3.8) is 0 Å². The van der Waals surface area contributed by atoms with Gasteiger partial charge in [0.2, 0.25) is 0 Å². The van der Waals surface area contributed by atoms with E-state index in [-0.39, 0.29) is 24.0 Å². The first-order valence-corrected chi connectivity index (χ1v) is 12.1. The predicted octanol–water partition coefficient (Wildman–Crippen LogP) is 5.53. The number of hydrogen-bond donors (Lipinski definition) is 0. The maximum atomic E-state index is 13.5. The van der Waals surface area contributed by atoms with Crippen molar-refractivity contribution in [3.8, 4) is 5.75 Å². The molecule has 3 fully saturated rings. The lowest BCUT2D eigenvalue weighted by Crippen LogP contribution is -2.55. The Bertz CT molecular complexity index is 1180. The third kappa shape index (κ3) is 4.21. The van der Waals surface area contributed by atoms with Crippen LogP contribution >= 0.6 is 0 Å². The molecule has 0 spiro atoms. The first kappa shape index (κ1) is 22.6. The zero-order valence-electron chi connectivity index (χ0n) is 19.9. The molecule has 6 rings (SSSR count). The third-order valence-corrected chi connectivity index (χ3v) is 7.69. The van der Waals surface area contributed by atoms with Crippen LogP contribution in [0.3, 0.4) is 0 Å². The van der Waals surface area contributed by atoms with Gasteiger partial charge in [-0.15, -0.1) is 6.58 Å². The molecule has 3 aromatic rings. The summed E-state index contributed by atoms with van der Waals surface area (Å²) < 4.78 is 11.9. The Morgan fingerprint density at radius 2 is 2.03 bits per heavy atom. The van der Waals surface area contributed by atoms with E-state index < -0.39 is 0 Å². The molecule has 2 aromatic carbocycles. The zero-order valence-corrected chi connectivity index (χ0v) is 19.9. The van der Waals surface area contributed by atoms with Crippen LogP contribution < -0.4 is 4.74 Å². The van der Waals surface area contributed by atoms with Gasteiger partial charge in [-0.05, 0) is 68.0 Å². The number of esters is 1. The number of ether oxygens (including phenoxy) is 2. The second-order valence-electron chi connectivity index (χ2n) is 9.52. The van der Waals surface area contributed by atoms with Gasteiger partial charge in [0, 0.05) is 23.7 Å². The van der Waals surface area contributed by atoms with Crippen LogP contribution in [0.5, 0.6) is 5.75 Å². The summed E-state index contributed by atoms with van der Waals surface area (Å²) in [6.07, 6.45) is 5.68. The van der Waals surface area contributed by atoms with Gasteiger partial charge < -0.3 is 9.47 Å². The van der Waals surface area contributed by atoms with Crippen molar-refractivity contribution in [3.05, 3.63) is 84.6 Å². The van der Waals surface area contributed by atoms with Gasteiger partial charge in [0.25, 0.3) is 0 Å². The molecule has 5 heteroatoms. The monoisotopic (exact) mass is 456 g/mol. The number of methoxy groups -OCH3 is 1. The van der Waals surface area contributed by atoms with Crippen molar-refractivity contribution < 1.29 is 14.3 Å². The predicted molar refractivity (Wildman–Crippen MR) is 134 cm³/mol. The number of pyridine rings is 1. The Kier molecular flexibility index (Phi) is 6.38. The molecule has 0 radical (unpaired) electrons. The van der Waals surface area contributed by atoms with Crippen LogP contribution in [-0.4, -0.2) is 42.1 Å². The minimum absolute atomic E-state index is 0.124. The maximum Gasteiger partial charge on any atom is 0.313 e. The average Bonchev–Trinajstić information content (AvgIpc) is 2.91. The molecule has 6 atom stereocenters. The van der Waals surface area contributed by atoms with Gasteiger partial charge in [0.05, 0.1) is 24.6 Å². The molecule has 5 nitrogen and oxygen atoms in total. The van der Waals surface area contributed by atoms with Crippen molar-refractivity contribution in [2.24, 2.45) is 11.8 Å². The highest BCUT2D eigenvalue weighted by molar-refractivity contribution is 5.85. The van der Waals surface area contributed by atoms with Crippen molar-refractivity contribution in [1.29, 1.82) is 0 Å². The molecule has 3 saturated heterocycles. The van der Waals surface area contributed by atoms with E-state index >= 15 is 0 Å². The molecule has 34 heavy (non-hydrogen) atoms. The van der Waals surface area contributed by atoms with E-state index in [2.05, 4.69) is 22.5 Å². The quantitative estimate of drug-likeness (QED) is 0.346. The van der Waals surface area contributed by atoms with E-state index in [1.54, 1.807) is 7.11 Å². The van der Waals surface area contributed by atoms with E-state index in [9.17, 15) is 4.79 Å². The Balaban J connectivity index is 1.54. The highest BCUT2D eigenvalue weighted by Gasteiger charge is 2.44. The Labute approximate surface area is 201 Å². The number of carbonyl (C=O) groups is 1. The number of benzene rings is 2. The van der Waals surface area contributed by atoms with Crippen molar-refractivity contribution >= 4 is 16.9 Å². The van der Waals surface area contributed by atoms with Crippen LogP contribution in [0, 0.1) is 11.8 Å². The lowest BCUT2D eigenvalue weighted by atomic mass is 9.73. The first-order chi connectivity index (χ1) is 16.6. The maximum absolute atomic E-state index is 13.5. The Hall–Kier alpha value is -3.18. The molecule has 0 N–H and O–H groups in total. The fourth-order valence-electron chi connectivity index (χ4n) is 5.67. The molecule has 0 amide bonds. The van der Waals surface area contributed by atoms with Gasteiger partial charge in [-0.3, -0.25) is 14.7 Å². The van der Waals surface area contributed by atoms with Crippen LogP contribution in [0.15, 0.2) is 73.4 Å². The van der Waals surface area contributed by atoms with E-state index in [4.69, 9.17) is 9.47 Å². The lowest BCUT2D eigenvalue weighted by molar-refractivity contribution is -0.158. The topological polar surface area (TPSA) is 51.7 Å². The van der Waals surface area contributed by atoms with Gasteiger partial charge in [-0.2, -0.15) is 0 Å². The molecule has 0 saturated carbocycles. The zero-order chi connectivity index (χ0) is 23.7. The summed E-state index contributed by atoms with van der Waals surface area (Å²) in [5, 5.41) is 0.968. The van der Waals surface area contributed by atoms with E-state index in [0.717, 1.165) is 47.3 Å². The number of aromatic nitrogens is 1. The molecular formula is C29H32N2O3. The SMILES string of the molecule is C=C[C@H]1CN2CC[C@H]1C[C@H]2[C@H](OC(=O)C(C)c1ccccc1)c1ccnc2ccc(OC)cc12. The van der Waals surface area contributed by atoms with Crippen LogP contribution in [-0.2, 0) is 9.53 Å². The van der Waals surface area contributed by atoms with Crippen molar-refractivity contribution in [2.75, 3.05) is 20.2 Å². The second kappa shape index (κ2) is 9.59. The highest BCUT2D eigenvalue weighted by Crippen LogP contribution is 2.44.